The summed E-state index contributed by atoms with van der Waals surface area (Å²) in [6.45, 7) is 0. The van der Waals surface area contributed by atoms with E-state index in [2.05, 4.69) is 0 Å². The average Bonchev–Trinajstić information content (AvgIpc) is 2.19. The van der Waals surface area contributed by atoms with E-state index in [-0.39, 0.29) is 16.3 Å². The van der Waals surface area contributed by atoms with Gasteiger partial charge in [-0.3, -0.25) is 4.79 Å². The number of nitrogens with two attached hydrogens (primary N) is 1. The fourth-order valence-electron chi connectivity index (χ4n) is 0.938. The predicted octanol–water partition coefficient (Wildman–Crippen LogP) is 1.44. The molecular weight excluding hydrogens is 216 g/mol. The molecule has 0 aromatic heterocycles. The van der Waals surface area contributed by atoms with Gasteiger partial charge < -0.3 is 10.8 Å². The number of phenolic OH excluding ortho intramolecular Hbond substituents is 1. The molecule has 1 aromatic carbocycles. The zero-order valence-electron chi connectivity index (χ0n) is 7.57. The standard InChI is InChI=1S/C10H7ClN2O2/c11-8-4-6(1-2-9(8)14)3-7(5-12)10(13)15/h1-4,14H,(H2,13,15)/b7-3+. The second-order valence-corrected chi connectivity index (χ2v) is 3.15. The Morgan fingerprint density at radius 1 is 1.60 bits per heavy atom. The molecule has 0 aliphatic rings. The van der Waals surface area contributed by atoms with Crippen LogP contribution in [0.15, 0.2) is 23.8 Å². The van der Waals surface area contributed by atoms with Crippen LogP contribution in [0.5, 0.6) is 5.75 Å². The highest BCUT2D eigenvalue weighted by Crippen LogP contribution is 2.24. The van der Waals surface area contributed by atoms with Crippen LogP contribution in [-0.2, 0) is 4.79 Å². The van der Waals surface area contributed by atoms with Crippen LogP contribution >= 0.6 is 11.6 Å². The molecule has 0 radical (unpaired) electrons. The fraction of sp³-hybridized carbons (Fsp3) is 0. The zero-order chi connectivity index (χ0) is 11.4. The third-order valence-electron chi connectivity index (χ3n) is 1.67. The van der Waals surface area contributed by atoms with Crippen molar-refractivity contribution in [3.05, 3.63) is 34.4 Å². The molecule has 0 atom stereocenters. The van der Waals surface area contributed by atoms with Crippen LogP contribution in [0, 0.1) is 11.3 Å². The molecule has 0 unspecified atom stereocenters. The van der Waals surface area contributed by atoms with Gasteiger partial charge in [0.05, 0.1) is 5.02 Å². The number of hydrogen-bond acceptors (Lipinski definition) is 3. The Labute approximate surface area is 91.2 Å². The van der Waals surface area contributed by atoms with Gasteiger partial charge in [-0.1, -0.05) is 17.7 Å². The summed E-state index contributed by atoms with van der Waals surface area (Å²) in [5, 5.41) is 17.9. The van der Waals surface area contributed by atoms with E-state index in [1.807, 2.05) is 0 Å². The highest BCUT2D eigenvalue weighted by molar-refractivity contribution is 6.32. The smallest absolute Gasteiger partial charge is 0.259 e. The van der Waals surface area contributed by atoms with Gasteiger partial charge in [-0.15, -0.1) is 0 Å². The molecule has 0 saturated heterocycles. The van der Waals surface area contributed by atoms with E-state index in [1.165, 1.54) is 24.3 Å². The third kappa shape index (κ3) is 2.73. The van der Waals surface area contributed by atoms with Crippen molar-refractivity contribution in [2.24, 2.45) is 5.73 Å². The van der Waals surface area contributed by atoms with Crippen molar-refractivity contribution in [2.75, 3.05) is 0 Å². The number of rotatable bonds is 2. The predicted molar refractivity (Wildman–Crippen MR) is 55.9 cm³/mol. The number of aromatic hydroxyl groups is 1. The number of nitrogens with zero attached hydrogens (tertiary/aromatic N) is 1. The lowest BCUT2D eigenvalue weighted by molar-refractivity contribution is -0.114. The van der Waals surface area contributed by atoms with Gasteiger partial charge in [-0.05, 0) is 23.8 Å². The molecule has 15 heavy (non-hydrogen) atoms. The summed E-state index contributed by atoms with van der Waals surface area (Å²) in [6, 6.07) is 5.97. The minimum atomic E-state index is -0.804. The van der Waals surface area contributed by atoms with Gasteiger partial charge in [0.25, 0.3) is 5.91 Å². The van der Waals surface area contributed by atoms with Crippen LogP contribution in [0.3, 0.4) is 0 Å². The number of halogens is 1. The summed E-state index contributed by atoms with van der Waals surface area (Å²) in [7, 11) is 0. The maximum Gasteiger partial charge on any atom is 0.259 e. The fourth-order valence-corrected chi connectivity index (χ4v) is 1.13. The normalized spacial score (nSPS) is 10.8. The number of phenols is 1. The van der Waals surface area contributed by atoms with Crippen molar-refractivity contribution < 1.29 is 9.90 Å². The van der Waals surface area contributed by atoms with E-state index >= 15 is 0 Å². The molecule has 0 spiro atoms. The van der Waals surface area contributed by atoms with Crippen molar-refractivity contribution in [3.63, 3.8) is 0 Å². The summed E-state index contributed by atoms with van der Waals surface area (Å²) in [4.78, 5) is 10.7. The summed E-state index contributed by atoms with van der Waals surface area (Å²) in [5.41, 5.74) is 5.30. The Kier molecular flexibility index (Phi) is 3.32. The second kappa shape index (κ2) is 4.49. The van der Waals surface area contributed by atoms with Gasteiger partial charge in [0.1, 0.15) is 17.4 Å². The van der Waals surface area contributed by atoms with Crippen molar-refractivity contribution >= 4 is 23.6 Å². The molecule has 1 rings (SSSR count). The lowest BCUT2D eigenvalue weighted by atomic mass is 10.1. The quantitative estimate of drug-likeness (QED) is 0.586. The zero-order valence-corrected chi connectivity index (χ0v) is 8.32. The monoisotopic (exact) mass is 222 g/mol. The Hall–Kier alpha value is -1.99. The highest BCUT2D eigenvalue weighted by Gasteiger charge is 2.04. The van der Waals surface area contributed by atoms with Crippen molar-refractivity contribution in [1.82, 2.24) is 0 Å². The van der Waals surface area contributed by atoms with E-state index in [0.29, 0.717) is 5.56 Å². The first-order valence-electron chi connectivity index (χ1n) is 3.94. The Morgan fingerprint density at radius 2 is 2.27 bits per heavy atom. The largest absolute Gasteiger partial charge is 0.506 e. The van der Waals surface area contributed by atoms with E-state index in [1.54, 1.807) is 6.07 Å². The van der Waals surface area contributed by atoms with Gasteiger partial charge in [0.2, 0.25) is 0 Å². The van der Waals surface area contributed by atoms with Crippen LogP contribution in [0.1, 0.15) is 5.56 Å². The second-order valence-electron chi connectivity index (χ2n) is 2.74. The van der Waals surface area contributed by atoms with E-state index in [9.17, 15) is 4.79 Å². The lowest BCUT2D eigenvalue weighted by Gasteiger charge is -1.98. The highest BCUT2D eigenvalue weighted by atomic mass is 35.5. The minimum Gasteiger partial charge on any atom is -0.506 e. The van der Waals surface area contributed by atoms with Gasteiger partial charge in [0.15, 0.2) is 0 Å². The summed E-state index contributed by atoms with van der Waals surface area (Å²) in [5.74, 6) is -0.868. The maximum absolute atomic E-state index is 10.7. The number of carbonyl (C=O) groups excluding carboxylic acids is 1. The van der Waals surface area contributed by atoms with Gasteiger partial charge >= 0.3 is 0 Å². The summed E-state index contributed by atoms with van der Waals surface area (Å²) < 4.78 is 0. The SMILES string of the molecule is N#C/C(=C\c1ccc(O)c(Cl)c1)C(N)=O. The van der Waals surface area contributed by atoms with Crippen LogP contribution in [0.2, 0.25) is 5.02 Å². The summed E-state index contributed by atoms with van der Waals surface area (Å²) >= 11 is 5.64. The first-order valence-corrected chi connectivity index (χ1v) is 4.32. The van der Waals surface area contributed by atoms with Crippen LogP contribution in [-0.4, -0.2) is 11.0 Å². The Morgan fingerprint density at radius 3 is 2.73 bits per heavy atom. The third-order valence-corrected chi connectivity index (χ3v) is 1.97. The number of benzene rings is 1. The van der Waals surface area contributed by atoms with Crippen LogP contribution in [0.4, 0.5) is 0 Å². The van der Waals surface area contributed by atoms with Gasteiger partial charge in [-0.25, -0.2) is 0 Å². The molecular formula is C10H7ClN2O2. The molecule has 0 aliphatic heterocycles. The number of amides is 1. The van der Waals surface area contributed by atoms with Crippen LogP contribution < -0.4 is 5.73 Å². The topological polar surface area (TPSA) is 87.1 Å². The molecule has 3 N–H and O–H groups in total. The Bertz CT molecular complexity index is 475. The molecule has 0 aliphatic carbocycles. The van der Waals surface area contributed by atoms with E-state index < -0.39 is 5.91 Å². The van der Waals surface area contributed by atoms with Gasteiger partial charge in [-0.2, -0.15) is 5.26 Å². The molecule has 1 amide bonds. The molecule has 0 saturated carbocycles. The molecule has 1 aromatic rings. The lowest BCUT2D eigenvalue weighted by Crippen LogP contribution is -2.12. The average molecular weight is 223 g/mol. The number of primary amides is 1. The first kappa shape index (κ1) is 11.1. The van der Waals surface area contributed by atoms with E-state index in [0.717, 1.165) is 0 Å². The van der Waals surface area contributed by atoms with E-state index in [4.69, 9.17) is 27.7 Å². The van der Waals surface area contributed by atoms with Crippen molar-refractivity contribution in [3.8, 4) is 11.8 Å². The number of carbonyl (C=O) groups is 1. The molecule has 0 bridgehead atoms. The first-order chi connectivity index (χ1) is 7.04. The van der Waals surface area contributed by atoms with Gasteiger partial charge in [0, 0.05) is 0 Å². The van der Waals surface area contributed by atoms with Crippen molar-refractivity contribution in [2.45, 2.75) is 0 Å². The number of hydrogen-bond donors (Lipinski definition) is 2. The number of nitriles is 1. The molecule has 76 valence electrons. The molecule has 0 fully saturated rings. The molecule has 0 heterocycles. The Balaban J connectivity index is 3.14. The van der Waals surface area contributed by atoms with Crippen molar-refractivity contribution in [1.29, 1.82) is 5.26 Å². The van der Waals surface area contributed by atoms with Crippen LogP contribution in [0.25, 0.3) is 6.08 Å². The molecule has 5 heteroatoms. The minimum absolute atomic E-state index is 0.0635. The molecule has 4 nitrogen and oxygen atoms in total. The maximum atomic E-state index is 10.7. The summed E-state index contributed by atoms with van der Waals surface area (Å²) in [6.07, 6.45) is 1.30.